The SMILES string of the molecule is [C-]#[N+]C(C(=O)OC)c1ccc([N+](=O)[O-])cc1. The smallest absolute Gasteiger partial charge is 0.395 e. The molecule has 0 N–H and O–H groups in total. The van der Waals surface area contributed by atoms with Gasteiger partial charge in [0.05, 0.1) is 12.0 Å². The molecule has 0 spiro atoms. The number of nitro benzene ring substituents is 1. The number of methoxy groups -OCH3 is 1. The molecule has 0 amide bonds. The Morgan fingerprint density at radius 1 is 1.50 bits per heavy atom. The van der Waals surface area contributed by atoms with Crippen molar-refractivity contribution in [2.75, 3.05) is 7.11 Å². The van der Waals surface area contributed by atoms with E-state index in [1.54, 1.807) is 0 Å². The molecule has 1 atom stereocenters. The Morgan fingerprint density at radius 3 is 2.44 bits per heavy atom. The number of nitro groups is 1. The molecule has 1 aromatic carbocycles. The highest BCUT2D eigenvalue weighted by atomic mass is 16.6. The Hall–Kier alpha value is -2.42. The summed E-state index contributed by atoms with van der Waals surface area (Å²) in [7, 11) is 1.19. The molecule has 82 valence electrons. The molecule has 0 saturated heterocycles. The normalized spacial score (nSPS) is 11.2. The van der Waals surface area contributed by atoms with E-state index in [0.29, 0.717) is 5.56 Å². The molecule has 0 aliphatic heterocycles. The van der Waals surface area contributed by atoms with Gasteiger partial charge in [-0.15, -0.1) is 0 Å². The van der Waals surface area contributed by atoms with Crippen molar-refractivity contribution in [2.24, 2.45) is 0 Å². The second-order valence-electron chi connectivity index (χ2n) is 2.90. The molecule has 1 rings (SSSR count). The molecule has 1 aromatic rings. The van der Waals surface area contributed by atoms with Gasteiger partial charge < -0.3 is 4.74 Å². The fourth-order valence-corrected chi connectivity index (χ4v) is 1.15. The zero-order valence-electron chi connectivity index (χ0n) is 8.41. The van der Waals surface area contributed by atoms with Crippen molar-refractivity contribution in [3.8, 4) is 0 Å². The maximum atomic E-state index is 11.2. The molecule has 6 nitrogen and oxygen atoms in total. The van der Waals surface area contributed by atoms with Crippen LogP contribution in [0.25, 0.3) is 4.85 Å². The highest BCUT2D eigenvalue weighted by Crippen LogP contribution is 2.21. The van der Waals surface area contributed by atoms with Gasteiger partial charge in [0.2, 0.25) is 0 Å². The maximum Gasteiger partial charge on any atom is 0.395 e. The van der Waals surface area contributed by atoms with Gasteiger partial charge in [-0.1, -0.05) is 0 Å². The largest absolute Gasteiger partial charge is 0.463 e. The summed E-state index contributed by atoms with van der Waals surface area (Å²) in [5.41, 5.74) is 0.296. The second-order valence-corrected chi connectivity index (χ2v) is 2.90. The van der Waals surface area contributed by atoms with Gasteiger partial charge in [0.1, 0.15) is 0 Å². The van der Waals surface area contributed by atoms with E-state index in [2.05, 4.69) is 9.58 Å². The number of nitrogens with zero attached hydrogens (tertiary/aromatic N) is 2. The van der Waals surface area contributed by atoms with E-state index in [0.717, 1.165) is 0 Å². The number of carbonyl (C=O) groups is 1. The summed E-state index contributed by atoms with van der Waals surface area (Å²) in [6, 6.07) is 4.17. The molecule has 0 heterocycles. The monoisotopic (exact) mass is 220 g/mol. The van der Waals surface area contributed by atoms with Gasteiger partial charge in [-0.05, 0) is 12.1 Å². The molecular weight excluding hydrogens is 212 g/mol. The maximum absolute atomic E-state index is 11.2. The highest BCUT2D eigenvalue weighted by Gasteiger charge is 2.27. The van der Waals surface area contributed by atoms with Crippen molar-refractivity contribution < 1.29 is 14.5 Å². The van der Waals surface area contributed by atoms with E-state index >= 15 is 0 Å². The molecule has 6 heteroatoms. The number of benzene rings is 1. The first-order valence-electron chi connectivity index (χ1n) is 4.29. The van der Waals surface area contributed by atoms with Crippen LogP contribution in [0.15, 0.2) is 24.3 Å². The number of hydrogen-bond donors (Lipinski definition) is 0. The summed E-state index contributed by atoms with van der Waals surface area (Å²) in [6.07, 6.45) is 0. The Kier molecular flexibility index (Phi) is 3.56. The minimum absolute atomic E-state index is 0.0858. The summed E-state index contributed by atoms with van der Waals surface area (Å²) < 4.78 is 4.45. The molecule has 0 bridgehead atoms. The second kappa shape index (κ2) is 4.89. The third kappa shape index (κ3) is 2.33. The first kappa shape index (κ1) is 11.7. The van der Waals surface area contributed by atoms with Gasteiger partial charge >= 0.3 is 12.0 Å². The predicted molar refractivity (Wildman–Crippen MR) is 54.5 cm³/mol. The van der Waals surface area contributed by atoms with E-state index in [-0.39, 0.29) is 5.69 Å². The summed E-state index contributed by atoms with van der Waals surface area (Å²) >= 11 is 0. The number of non-ortho nitro benzene ring substituents is 1. The van der Waals surface area contributed by atoms with Gasteiger partial charge in [-0.25, -0.2) is 11.4 Å². The predicted octanol–water partition coefficient (Wildman–Crippen LogP) is 1.73. The van der Waals surface area contributed by atoms with E-state index in [9.17, 15) is 14.9 Å². The van der Waals surface area contributed by atoms with Gasteiger partial charge in [0.25, 0.3) is 5.69 Å². The molecule has 16 heavy (non-hydrogen) atoms. The Morgan fingerprint density at radius 2 is 2.06 bits per heavy atom. The van der Waals surface area contributed by atoms with Crippen molar-refractivity contribution in [3.05, 3.63) is 51.4 Å². The van der Waals surface area contributed by atoms with Crippen LogP contribution < -0.4 is 0 Å². The quantitative estimate of drug-likeness (QED) is 0.336. The van der Waals surface area contributed by atoms with E-state index in [1.807, 2.05) is 0 Å². The van der Waals surface area contributed by atoms with E-state index < -0.39 is 16.9 Å². The standard InChI is InChI=1S/C10H8N2O4/c1-11-9(10(13)16-2)7-3-5-8(6-4-7)12(14)15/h3-6,9H,2H3. The Balaban J connectivity index is 3.01. The van der Waals surface area contributed by atoms with Crippen molar-refractivity contribution in [1.82, 2.24) is 0 Å². The molecule has 0 radical (unpaired) electrons. The number of esters is 1. The Labute approximate surface area is 91.4 Å². The molecule has 0 saturated carbocycles. The van der Waals surface area contributed by atoms with Gasteiger partial charge in [0, 0.05) is 17.7 Å². The fourth-order valence-electron chi connectivity index (χ4n) is 1.15. The van der Waals surface area contributed by atoms with Crippen molar-refractivity contribution >= 4 is 11.7 Å². The minimum atomic E-state index is -1.06. The third-order valence-electron chi connectivity index (χ3n) is 1.97. The highest BCUT2D eigenvalue weighted by molar-refractivity contribution is 5.79. The molecular formula is C10H8N2O4. The lowest BCUT2D eigenvalue weighted by molar-refractivity contribution is -0.384. The topological polar surface area (TPSA) is 73.8 Å². The van der Waals surface area contributed by atoms with Gasteiger partial charge in [-0.2, -0.15) is 0 Å². The molecule has 0 aliphatic rings. The zero-order valence-corrected chi connectivity index (χ0v) is 8.41. The van der Waals surface area contributed by atoms with Crippen molar-refractivity contribution in [1.29, 1.82) is 0 Å². The number of hydrogen-bond acceptors (Lipinski definition) is 4. The third-order valence-corrected chi connectivity index (χ3v) is 1.97. The van der Waals surface area contributed by atoms with Crippen LogP contribution in [0.1, 0.15) is 11.6 Å². The Bertz CT molecular complexity index is 447. The van der Waals surface area contributed by atoms with Crippen LogP contribution in [0.3, 0.4) is 0 Å². The number of carbonyl (C=O) groups excluding carboxylic acids is 1. The van der Waals surface area contributed by atoms with E-state index in [1.165, 1.54) is 31.4 Å². The first-order valence-corrected chi connectivity index (χ1v) is 4.29. The summed E-state index contributed by atoms with van der Waals surface area (Å²) in [5.74, 6) is -0.677. The van der Waals surface area contributed by atoms with Crippen molar-refractivity contribution in [2.45, 2.75) is 6.04 Å². The molecule has 0 aliphatic carbocycles. The van der Waals surface area contributed by atoms with Gasteiger partial charge in [-0.3, -0.25) is 15.0 Å². The zero-order chi connectivity index (χ0) is 12.1. The fraction of sp³-hybridized carbons (Fsp3) is 0.200. The van der Waals surface area contributed by atoms with Crippen LogP contribution in [0, 0.1) is 16.7 Å². The van der Waals surface area contributed by atoms with E-state index in [4.69, 9.17) is 6.57 Å². The van der Waals surface area contributed by atoms with Crippen molar-refractivity contribution in [3.63, 3.8) is 0 Å². The lowest BCUT2D eigenvalue weighted by Crippen LogP contribution is -2.10. The van der Waals surface area contributed by atoms with Crippen LogP contribution in [0.5, 0.6) is 0 Å². The summed E-state index contributed by atoms with van der Waals surface area (Å²) in [6.45, 7) is 6.86. The average molecular weight is 220 g/mol. The number of ether oxygens (including phenoxy) is 1. The lowest BCUT2D eigenvalue weighted by atomic mass is 10.1. The molecule has 1 unspecified atom stereocenters. The summed E-state index contributed by atoms with van der Waals surface area (Å²) in [4.78, 5) is 24.1. The van der Waals surface area contributed by atoms with Crippen LogP contribution >= 0.6 is 0 Å². The van der Waals surface area contributed by atoms with Crippen LogP contribution in [0.2, 0.25) is 0 Å². The van der Waals surface area contributed by atoms with Gasteiger partial charge in [0.15, 0.2) is 0 Å². The number of rotatable bonds is 3. The lowest BCUT2D eigenvalue weighted by Gasteiger charge is -2.02. The molecule has 0 fully saturated rings. The molecule has 0 aromatic heterocycles. The summed E-state index contributed by atoms with van der Waals surface area (Å²) in [5, 5.41) is 10.4. The van der Waals surface area contributed by atoms with Crippen LogP contribution in [-0.4, -0.2) is 18.0 Å². The average Bonchev–Trinajstić information content (AvgIpc) is 2.30. The minimum Gasteiger partial charge on any atom is -0.463 e. The van der Waals surface area contributed by atoms with Crippen LogP contribution in [0.4, 0.5) is 5.69 Å². The first-order chi connectivity index (χ1) is 7.60. The van der Waals surface area contributed by atoms with Crippen LogP contribution in [-0.2, 0) is 9.53 Å².